The van der Waals surface area contributed by atoms with Crippen LogP contribution in [-0.4, -0.2) is 16.3 Å². The minimum atomic E-state index is 0.680. The van der Waals surface area contributed by atoms with Crippen molar-refractivity contribution in [3.05, 3.63) is 48.3 Å². The number of aromatic nitrogens is 2. The van der Waals surface area contributed by atoms with Gasteiger partial charge < -0.3 is 0 Å². The molecule has 0 radical (unpaired) electrons. The largest absolute Gasteiger partial charge is 0.298 e. The number of hydrogen-bond acceptors (Lipinski definition) is 4. The van der Waals surface area contributed by atoms with Crippen molar-refractivity contribution < 1.29 is 4.79 Å². The number of nitrogens with zero attached hydrogens (tertiary/aromatic N) is 2. The Balaban J connectivity index is 2.17. The highest BCUT2D eigenvalue weighted by Gasteiger charge is 2.06. The lowest BCUT2D eigenvalue weighted by molar-refractivity contribution is 0.112. The third kappa shape index (κ3) is 1.83. The zero-order valence-corrected chi connectivity index (χ0v) is 9.65. The summed E-state index contributed by atoms with van der Waals surface area (Å²) < 4.78 is 1.02. The van der Waals surface area contributed by atoms with Crippen LogP contribution in [0, 0.1) is 0 Å². The molecule has 1 aromatic carbocycles. The standard InChI is InChI=1S/C13H8N2OS/c16-8-9-3-4-11-12(6-9)17-13(15-11)10-2-1-5-14-7-10/h1-8H. The van der Waals surface area contributed by atoms with Gasteiger partial charge in [-0.2, -0.15) is 0 Å². The minimum absolute atomic E-state index is 0.680. The van der Waals surface area contributed by atoms with Crippen LogP contribution < -0.4 is 0 Å². The summed E-state index contributed by atoms with van der Waals surface area (Å²) in [6, 6.07) is 9.38. The lowest BCUT2D eigenvalue weighted by Gasteiger charge is -1.91. The molecule has 0 atom stereocenters. The Bertz CT molecular complexity index is 676. The first-order valence-electron chi connectivity index (χ1n) is 5.13. The Kier molecular flexibility index (Phi) is 2.42. The first-order valence-corrected chi connectivity index (χ1v) is 5.94. The average Bonchev–Trinajstić information content (AvgIpc) is 2.82. The van der Waals surface area contributed by atoms with Gasteiger partial charge in [0.25, 0.3) is 0 Å². The SMILES string of the molecule is O=Cc1ccc2nc(-c3cccnc3)sc2c1. The molecule has 17 heavy (non-hydrogen) atoms. The van der Waals surface area contributed by atoms with Gasteiger partial charge in [-0.25, -0.2) is 4.98 Å². The Morgan fingerprint density at radius 1 is 1.24 bits per heavy atom. The zero-order valence-electron chi connectivity index (χ0n) is 8.83. The summed E-state index contributed by atoms with van der Waals surface area (Å²) in [5, 5.41) is 0.927. The van der Waals surface area contributed by atoms with Gasteiger partial charge in [-0.1, -0.05) is 0 Å². The second-order valence-electron chi connectivity index (χ2n) is 3.61. The van der Waals surface area contributed by atoms with E-state index in [1.165, 1.54) is 0 Å². The average molecular weight is 240 g/mol. The highest BCUT2D eigenvalue weighted by molar-refractivity contribution is 7.21. The lowest BCUT2D eigenvalue weighted by atomic mass is 10.2. The smallest absolute Gasteiger partial charge is 0.150 e. The molecule has 0 aliphatic heterocycles. The van der Waals surface area contributed by atoms with Crippen LogP contribution in [0.3, 0.4) is 0 Å². The molecule has 2 heterocycles. The van der Waals surface area contributed by atoms with Crippen molar-refractivity contribution in [2.24, 2.45) is 0 Å². The number of rotatable bonds is 2. The van der Waals surface area contributed by atoms with E-state index in [0.717, 1.165) is 27.1 Å². The van der Waals surface area contributed by atoms with Crippen LogP contribution >= 0.6 is 11.3 Å². The monoisotopic (exact) mass is 240 g/mol. The molecule has 0 N–H and O–H groups in total. The maximum Gasteiger partial charge on any atom is 0.150 e. The predicted octanol–water partition coefficient (Wildman–Crippen LogP) is 3.17. The van der Waals surface area contributed by atoms with E-state index >= 15 is 0 Å². The minimum Gasteiger partial charge on any atom is -0.298 e. The van der Waals surface area contributed by atoms with Crippen molar-refractivity contribution >= 4 is 27.8 Å². The van der Waals surface area contributed by atoms with Crippen molar-refractivity contribution in [1.29, 1.82) is 0 Å². The highest BCUT2D eigenvalue weighted by Crippen LogP contribution is 2.29. The summed E-state index contributed by atoms with van der Waals surface area (Å²) in [5.74, 6) is 0. The fraction of sp³-hybridized carbons (Fsp3) is 0. The number of fused-ring (bicyclic) bond motifs is 1. The van der Waals surface area contributed by atoms with Crippen molar-refractivity contribution in [1.82, 2.24) is 9.97 Å². The summed E-state index contributed by atoms with van der Waals surface area (Å²) in [6.45, 7) is 0. The van der Waals surface area contributed by atoms with E-state index in [2.05, 4.69) is 9.97 Å². The molecular weight excluding hydrogens is 232 g/mol. The number of hydrogen-bond donors (Lipinski definition) is 0. The van der Waals surface area contributed by atoms with Crippen LogP contribution in [0.25, 0.3) is 20.8 Å². The number of aldehydes is 1. The Morgan fingerprint density at radius 2 is 2.18 bits per heavy atom. The summed E-state index contributed by atoms with van der Waals surface area (Å²) in [6.07, 6.45) is 4.38. The summed E-state index contributed by atoms with van der Waals surface area (Å²) in [4.78, 5) is 19.3. The first kappa shape index (κ1) is 10.1. The molecule has 82 valence electrons. The summed E-state index contributed by atoms with van der Waals surface area (Å²) in [5.41, 5.74) is 2.60. The van der Waals surface area contributed by atoms with E-state index in [1.807, 2.05) is 24.3 Å². The van der Waals surface area contributed by atoms with Crippen molar-refractivity contribution in [3.8, 4) is 10.6 Å². The Hall–Kier alpha value is -2.07. The molecule has 4 heteroatoms. The molecule has 0 unspecified atom stereocenters. The number of thiazole rings is 1. The topological polar surface area (TPSA) is 42.9 Å². The van der Waals surface area contributed by atoms with Crippen LogP contribution in [0.15, 0.2) is 42.7 Å². The fourth-order valence-electron chi connectivity index (χ4n) is 1.63. The summed E-state index contributed by atoms with van der Waals surface area (Å²) in [7, 11) is 0. The van der Waals surface area contributed by atoms with Gasteiger partial charge in [-0.3, -0.25) is 9.78 Å². The van der Waals surface area contributed by atoms with E-state index < -0.39 is 0 Å². The van der Waals surface area contributed by atoms with Gasteiger partial charge in [0, 0.05) is 23.5 Å². The van der Waals surface area contributed by atoms with Crippen LogP contribution in [0.2, 0.25) is 0 Å². The third-order valence-electron chi connectivity index (χ3n) is 2.46. The molecule has 0 aliphatic carbocycles. The molecule has 0 spiro atoms. The third-order valence-corrected chi connectivity index (χ3v) is 3.52. The fourth-order valence-corrected chi connectivity index (χ4v) is 2.63. The predicted molar refractivity (Wildman–Crippen MR) is 68.2 cm³/mol. The van der Waals surface area contributed by atoms with Gasteiger partial charge in [-0.15, -0.1) is 11.3 Å². The second kappa shape index (κ2) is 4.07. The highest BCUT2D eigenvalue weighted by atomic mass is 32.1. The molecule has 3 aromatic rings. The van der Waals surface area contributed by atoms with E-state index in [1.54, 1.807) is 29.8 Å². The molecule has 0 fully saturated rings. The second-order valence-corrected chi connectivity index (χ2v) is 4.64. The van der Waals surface area contributed by atoms with Crippen LogP contribution in [-0.2, 0) is 0 Å². The van der Waals surface area contributed by atoms with Crippen LogP contribution in [0.4, 0.5) is 0 Å². The molecule has 0 bridgehead atoms. The number of carbonyl (C=O) groups is 1. The van der Waals surface area contributed by atoms with Gasteiger partial charge in [0.1, 0.15) is 11.3 Å². The normalized spacial score (nSPS) is 10.6. The van der Waals surface area contributed by atoms with Crippen LogP contribution in [0.5, 0.6) is 0 Å². The molecule has 3 nitrogen and oxygen atoms in total. The Labute approximate surface area is 102 Å². The first-order chi connectivity index (χ1) is 8.36. The van der Waals surface area contributed by atoms with Gasteiger partial charge in [-0.05, 0) is 30.3 Å². The number of carbonyl (C=O) groups excluding carboxylic acids is 1. The molecule has 0 saturated heterocycles. The van der Waals surface area contributed by atoms with Crippen LogP contribution in [0.1, 0.15) is 10.4 Å². The van der Waals surface area contributed by atoms with E-state index in [0.29, 0.717) is 5.56 Å². The summed E-state index contributed by atoms with van der Waals surface area (Å²) >= 11 is 1.57. The molecule has 0 saturated carbocycles. The van der Waals surface area contributed by atoms with Gasteiger partial charge in [0.15, 0.2) is 0 Å². The quantitative estimate of drug-likeness (QED) is 0.646. The maximum absolute atomic E-state index is 10.7. The van der Waals surface area contributed by atoms with Gasteiger partial charge in [0.2, 0.25) is 0 Å². The molecule has 0 aliphatic rings. The van der Waals surface area contributed by atoms with Crippen molar-refractivity contribution in [2.45, 2.75) is 0 Å². The number of pyridine rings is 1. The van der Waals surface area contributed by atoms with Crippen molar-refractivity contribution in [3.63, 3.8) is 0 Å². The zero-order chi connectivity index (χ0) is 11.7. The van der Waals surface area contributed by atoms with Crippen molar-refractivity contribution in [2.75, 3.05) is 0 Å². The Morgan fingerprint density at radius 3 is 2.94 bits per heavy atom. The van der Waals surface area contributed by atoms with E-state index in [-0.39, 0.29) is 0 Å². The molecule has 2 aromatic heterocycles. The molecular formula is C13H8N2OS. The molecule has 0 amide bonds. The number of benzene rings is 1. The van der Waals surface area contributed by atoms with Gasteiger partial charge in [0.05, 0.1) is 10.2 Å². The lowest BCUT2D eigenvalue weighted by Crippen LogP contribution is -1.78. The van der Waals surface area contributed by atoms with E-state index in [4.69, 9.17) is 0 Å². The van der Waals surface area contributed by atoms with E-state index in [9.17, 15) is 4.79 Å². The van der Waals surface area contributed by atoms with Gasteiger partial charge >= 0.3 is 0 Å². The molecule has 3 rings (SSSR count). The maximum atomic E-state index is 10.7.